The Balaban J connectivity index is 2.14. The van der Waals surface area contributed by atoms with Gasteiger partial charge in [-0.2, -0.15) is 0 Å². The maximum atomic E-state index is 13.7. The van der Waals surface area contributed by atoms with Crippen molar-refractivity contribution >= 4 is 17.5 Å². The van der Waals surface area contributed by atoms with Crippen molar-refractivity contribution < 1.29 is 18.3 Å². The monoisotopic (exact) mass is 354 g/mol. The molecule has 0 spiro atoms. The van der Waals surface area contributed by atoms with E-state index in [1.54, 1.807) is 0 Å². The van der Waals surface area contributed by atoms with Gasteiger partial charge in [-0.1, -0.05) is 17.7 Å². The first-order chi connectivity index (χ1) is 11.3. The van der Waals surface area contributed by atoms with Gasteiger partial charge in [-0.25, -0.2) is 13.8 Å². The first-order valence-corrected chi connectivity index (χ1v) is 7.67. The number of halogens is 3. The summed E-state index contributed by atoms with van der Waals surface area (Å²) in [6.07, 6.45) is 1.25. The average molecular weight is 355 g/mol. The maximum Gasteiger partial charge on any atom is 0.255 e. The highest BCUT2D eigenvalue weighted by molar-refractivity contribution is 6.32. The van der Waals surface area contributed by atoms with E-state index in [-0.39, 0.29) is 40.6 Å². The van der Waals surface area contributed by atoms with Gasteiger partial charge in [0, 0.05) is 31.4 Å². The predicted molar refractivity (Wildman–Crippen MR) is 87.2 cm³/mol. The molecule has 24 heavy (non-hydrogen) atoms. The molecule has 0 N–H and O–H groups in total. The van der Waals surface area contributed by atoms with Crippen LogP contribution in [0, 0.1) is 11.6 Å². The second-order valence-corrected chi connectivity index (χ2v) is 5.98. The minimum Gasteiger partial charge on any atom is -0.474 e. The lowest BCUT2D eigenvalue weighted by Crippen LogP contribution is -2.26. The fourth-order valence-electron chi connectivity index (χ4n) is 2.05. The molecule has 0 saturated heterocycles. The van der Waals surface area contributed by atoms with Crippen molar-refractivity contribution in [1.82, 2.24) is 9.88 Å². The van der Waals surface area contributed by atoms with Gasteiger partial charge in [0.15, 0.2) is 0 Å². The van der Waals surface area contributed by atoms with Gasteiger partial charge in [0.1, 0.15) is 16.7 Å². The summed E-state index contributed by atoms with van der Waals surface area (Å²) in [4.78, 5) is 17.7. The molecular weight excluding hydrogens is 338 g/mol. The summed E-state index contributed by atoms with van der Waals surface area (Å²) >= 11 is 6.07. The normalized spacial score (nSPS) is 10.8. The van der Waals surface area contributed by atoms with Crippen LogP contribution in [0.4, 0.5) is 8.78 Å². The molecule has 7 heteroatoms. The third kappa shape index (κ3) is 4.41. The van der Waals surface area contributed by atoms with Crippen molar-refractivity contribution in [3.63, 3.8) is 0 Å². The summed E-state index contributed by atoms with van der Waals surface area (Å²) in [5, 5.41) is 0.218. The van der Waals surface area contributed by atoms with E-state index in [0.717, 1.165) is 12.1 Å². The van der Waals surface area contributed by atoms with Crippen molar-refractivity contribution in [2.75, 3.05) is 7.05 Å². The fraction of sp³-hybridized carbons (Fsp3) is 0.294. The van der Waals surface area contributed by atoms with Gasteiger partial charge in [0.25, 0.3) is 5.91 Å². The van der Waals surface area contributed by atoms with Crippen LogP contribution in [-0.2, 0) is 6.54 Å². The summed E-state index contributed by atoms with van der Waals surface area (Å²) in [5.74, 6) is -1.51. The molecule has 4 nitrogen and oxygen atoms in total. The molecular formula is C17H17ClF2N2O2. The number of pyridine rings is 1. The van der Waals surface area contributed by atoms with Crippen LogP contribution in [-0.4, -0.2) is 28.9 Å². The number of amides is 1. The molecule has 1 amide bonds. The molecule has 0 aliphatic heterocycles. The predicted octanol–water partition coefficient (Wildman–Crippen LogP) is 4.07. The third-order valence-electron chi connectivity index (χ3n) is 3.17. The van der Waals surface area contributed by atoms with E-state index in [2.05, 4.69) is 4.98 Å². The average Bonchev–Trinajstić information content (AvgIpc) is 2.51. The van der Waals surface area contributed by atoms with Crippen LogP contribution in [0.2, 0.25) is 5.02 Å². The molecule has 0 aliphatic rings. The molecule has 0 bridgehead atoms. The van der Waals surface area contributed by atoms with Gasteiger partial charge in [0.2, 0.25) is 5.88 Å². The minimum atomic E-state index is -0.702. The quantitative estimate of drug-likeness (QED) is 0.812. The molecule has 0 fully saturated rings. The lowest BCUT2D eigenvalue weighted by molar-refractivity contribution is 0.0783. The first kappa shape index (κ1) is 18.1. The van der Waals surface area contributed by atoms with Crippen LogP contribution >= 0.6 is 11.6 Å². The lowest BCUT2D eigenvalue weighted by Gasteiger charge is -2.18. The highest BCUT2D eigenvalue weighted by atomic mass is 35.5. The summed E-state index contributed by atoms with van der Waals surface area (Å²) < 4.78 is 32.0. The minimum absolute atomic E-state index is 0.00713. The number of rotatable bonds is 5. The Kier molecular flexibility index (Phi) is 5.72. The number of hydrogen-bond donors (Lipinski definition) is 0. The zero-order valence-electron chi connectivity index (χ0n) is 13.5. The molecule has 128 valence electrons. The SMILES string of the molecule is CC(C)Oc1ncc(C(=O)N(C)Cc2ccc(F)cc2F)cc1Cl. The number of carbonyl (C=O) groups excluding carboxylic acids is 1. The molecule has 1 heterocycles. The van der Waals surface area contributed by atoms with Crippen LogP contribution in [0.15, 0.2) is 30.5 Å². The van der Waals surface area contributed by atoms with Crippen LogP contribution in [0.3, 0.4) is 0 Å². The van der Waals surface area contributed by atoms with E-state index in [0.29, 0.717) is 0 Å². The number of nitrogens with zero attached hydrogens (tertiary/aromatic N) is 2. The molecule has 2 aromatic rings. The van der Waals surface area contributed by atoms with E-state index in [9.17, 15) is 13.6 Å². The summed E-state index contributed by atoms with van der Waals surface area (Å²) in [7, 11) is 1.51. The van der Waals surface area contributed by atoms with Crippen LogP contribution in [0.1, 0.15) is 29.8 Å². The zero-order chi connectivity index (χ0) is 17.9. The second kappa shape index (κ2) is 7.57. The summed E-state index contributed by atoms with van der Waals surface area (Å²) in [6.45, 7) is 3.66. The molecule has 1 aromatic carbocycles. The van der Waals surface area contributed by atoms with Gasteiger partial charge in [-0.3, -0.25) is 4.79 Å². The Morgan fingerprint density at radius 2 is 2.04 bits per heavy atom. The smallest absolute Gasteiger partial charge is 0.255 e. The van der Waals surface area contributed by atoms with Crippen molar-refractivity contribution in [3.8, 4) is 5.88 Å². The maximum absolute atomic E-state index is 13.7. The zero-order valence-corrected chi connectivity index (χ0v) is 14.3. The topological polar surface area (TPSA) is 42.4 Å². The molecule has 0 saturated carbocycles. The summed E-state index contributed by atoms with van der Waals surface area (Å²) in [6, 6.07) is 4.68. The molecule has 0 atom stereocenters. The van der Waals surface area contributed by atoms with E-state index in [4.69, 9.17) is 16.3 Å². The van der Waals surface area contributed by atoms with Crippen molar-refractivity contribution in [2.24, 2.45) is 0 Å². The van der Waals surface area contributed by atoms with Crippen molar-refractivity contribution in [2.45, 2.75) is 26.5 Å². The number of hydrogen-bond acceptors (Lipinski definition) is 3. The number of aromatic nitrogens is 1. The number of benzene rings is 1. The summed E-state index contributed by atoms with van der Waals surface area (Å²) in [5.41, 5.74) is 0.465. The molecule has 0 unspecified atom stereocenters. The largest absolute Gasteiger partial charge is 0.474 e. The van der Waals surface area contributed by atoms with E-state index < -0.39 is 11.6 Å². The molecule has 0 radical (unpaired) electrons. The van der Waals surface area contributed by atoms with Crippen LogP contribution < -0.4 is 4.74 Å². The van der Waals surface area contributed by atoms with Gasteiger partial charge in [0.05, 0.1) is 11.7 Å². The van der Waals surface area contributed by atoms with Gasteiger partial charge >= 0.3 is 0 Å². The van der Waals surface area contributed by atoms with Gasteiger partial charge in [-0.15, -0.1) is 0 Å². The number of carbonyl (C=O) groups is 1. The van der Waals surface area contributed by atoms with Gasteiger partial charge in [-0.05, 0) is 26.0 Å². The molecule has 1 aromatic heterocycles. The van der Waals surface area contributed by atoms with Gasteiger partial charge < -0.3 is 9.64 Å². The van der Waals surface area contributed by atoms with E-state index in [1.165, 1.54) is 30.3 Å². The van der Waals surface area contributed by atoms with E-state index >= 15 is 0 Å². The Labute approximate surface area is 144 Å². The Morgan fingerprint density at radius 1 is 1.33 bits per heavy atom. The highest BCUT2D eigenvalue weighted by Crippen LogP contribution is 2.24. The molecule has 0 aliphatic carbocycles. The van der Waals surface area contributed by atoms with Crippen LogP contribution in [0.5, 0.6) is 5.88 Å². The second-order valence-electron chi connectivity index (χ2n) is 5.57. The lowest BCUT2D eigenvalue weighted by atomic mass is 10.2. The molecule has 2 rings (SSSR count). The standard InChI is InChI=1S/C17H17ClF2N2O2/c1-10(2)24-16-14(18)6-12(8-21-16)17(23)22(3)9-11-4-5-13(19)7-15(11)20/h4-8,10H,9H2,1-3H3. The first-order valence-electron chi connectivity index (χ1n) is 7.29. The Hall–Kier alpha value is -2.21. The van der Waals surface area contributed by atoms with Crippen molar-refractivity contribution in [1.29, 1.82) is 0 Å². The number of ether oxygens (including phenoxy) is 1. The highest BCUT2D eigenvalue weighted by Gasteiger charge is 2.17. The third-order valence-corrected chi connectivity index (χ3v) is 3.44. The fourth-order valence-corrected chi connectivity index (χ4v) is 2.26. The van der Waals surface area contributed by atoms with Crippen molar-refractivity contribution in [3.05, 3.63) is 58.2 Å². The van der Waals surface area contributed by atoms with Crippen LogP contribution in [0.25, 0.3) is 0 Å². The Morgan fingerprint density at radius 3 is 2.62 bits per heavy atom. The Bertz CT molecular complexity index is 753. The van der Waals surface area contributed by atoms with E-state index in [1.807, 2.05) is 13.8 Å².